The number of nitrogens with zero attached hydrogens (tertiary/aromatic N) is 7. The number of benzene rings is 1. The van der Waals surface area contributed by atoms with Gasteiger partial charge in [-0.25, -0.2) is 18.7 Å². The van der Waals surface area contributed by atoms with Crippen LogP contribution in [0.3, 0.4) is 0 Å². The van der Waals surface area contributed by atoms with E-state index in [1.165, 1.54) is 12.1 Å². The van der Waals surface area contributed by atoms with Gasteiger partial charge in [-0.2, -0.15) is 20.1 Å². The maximum atomic E-state index is 13.4. The molecule has 11 nitrogen and oxygen atoms in total. The summed E-state index contributed by atoms with van der Waals surface area (Å²) in [6.45, 7) is 4.27. The van der Waals surface area contributed by atoms with Crippen LogP contribution in [0.4, 0.5) is 32.4 Å². The Balaban J connectivity index is 1.32. The largest absolute Gasteiger partial charge is 0.378 e. The van der Waals surface area contributed by atoms with E-state index < -0.39 is 5.82 Å². The lowest BCUT2D eigenvalue weighted by Crippen LogP contribution is -2.37. The number of morpholine rings is 1. The molecule has 37 heavy (non-hydrogen) atoms. The van der Waals surface area contributed by atoms with E-state index in [-0.39, 0.29) is 11.9 Å². The molecule has 192 valence electrons. The molecule has 0 saturated carbocycles. The third-order valence-electron chi connectivity index (χ3n) is 5.73. The second-order valence-electron chi connectivity index (χ2n) is 8.54. The average molecular weight is 509 g/mol. The lowest BCUT2D eigenvalue weighted by atomic mass is 10.1. The van der Waals surface area contributed by atoms with Crippen molar-refractivity contribution in [3.8, 4) is 0 Å². The summed E-state index contributed by atoms with van der Waals surface area (Å²) in [6.07, 6.45) is 3.56. The van der Waals surface area contributed by atoms with Crippen molar-refractivity contribution in [2.75, 3.05) is 41.8 Å². The Morgan fingerprint density at radius 3 is 2.57 bits per heavy atom. The fourth-order valence-electron chi connectivity index (χ4n) is 3.83. The standard InChI is InChI=1S/C24H26F2N10O/c1-15(21-27-13-18(26)14-28-21)29-22-31-23(33-24(32-22)36-7-9-37-10-8-36)30-20-12-19(34-35-20)6-5-16-3-2-4-17(25)11-16/h2-4,11-15H,5-10H2,1H3,(H3,29,30,31,32,33,34,35)/t15-/m0/s1. The number of aromatic nitrogens is 7. The lowest BCUT2D eigenvalue weighted by Gasteiger charge is -2.27. The number of nitrogens with one attached hydrogen (secondary N) is 3. The summed E-state index contributed by atoms with van der Waals surface area (Å²) in [6, 6.07) is 8.03. The van der Waals surface area contributed by atoms with Gasteiger partial charge in [0.1, 0.15) is 11.6 Å². The SMILES string of the molecule is C[C@H](Nc1nc(Nc2cc(CCc3cccc(F)c3)[nH]n2)nc(N2CCOCC2)n1)c1ncc(F)cn1. The van der Waals surface area contributed by atoms with Crippen LogP contribution in [0.15, 0.2) is 42.7 Å². The van der Waals surface area contributed by atoms with Crippen molar-refractivity contribution >= 4 is 23.7 Å². The van der Waals surface area contributed by atoms with Crippen LogP contribution in [0.1, 0.15) is 30.0 Å². The molecule has 3 aromatic heterocycles. The number of ether oxygens (including phenoxy) is 1. The molecule has 0 amide bonds. The van der Waals surface area contributed by atoms with E-state index in [0.717, 1.165) is 23.7 Å². The molecule has 0 spiro atoms. The maximum Gasteiger partial charge on any atom is 0.235 e. The van der Waals surface area contributed by atoms with E-state index in [9.17, 15) is 8.78 Å². The van der Waals surface area contributed by atoms with Crippen LogP contribution in [0.2, 0.25) is 0 Å². The summed E-state index contributed by atoms with van der Waals surface area (Å²) in [5.74, 6) is 1.27. The Morgan fingerprint density at radius 2 is 1.78 bits per heavy atom. The van der Waals surface area contributed by atoms with Crippen molar-refractivity contribution in [2.45, 2.75) is 25.8 Å². The van der Waals surface area contributed by atoms with Crippen molar-refractivity contribution in [3.63, 3.8) is 0 Å². The molecule has 1 saturated heterocycles. The Labute approximate surface area is 211 Å². The molecule has 0 unspecified atom stereocenters. The number of aromatic amines is 1. The van der Waals surface area contributed by atoms with E-state index in [1.54, 1.807) is 6.07 Å². The summed E-state index contributed by atoms with van der Waals surface area (Å²) in [5.41, 5.74) is 1.79. The highest BCUT2D eigenvalue weighted by Gasteiger charge is 2.19. The van der Waals surface area contributed by atoms with Crippen LogP contribution >= 0.6 is 0 Å². The van der Waals surface area contributed by atoms with Gasteiger partial charge in [0.2, 0.25) is 17.8 Å². The lowest BCUT2D eigenvalue weighted by molar-refractivity contribution is 0.122. The zero-order valence-electron chi connectivity index (χ0n) is 20.2. The van der Waals surface area contributed by atoms with Crippen LogP contribution < -0.4 is 15.5 Å². The Kier molecular flexibility index (Phi) is 7.40. The Hall–Kier alpha value is -4.26. The van der Waals surface area contributed by atoms with Gasteiger partial charge in [-0.1, -0.05) is 12.1 Å². The van der Waals surface area contributed by atoms with Gasteiger partial charge in [0.25, 0.3) is 0 Å². The molecule has 1 atom stereocenters. The molecule has 1 fully saturated rings. The van der Waals surface area contributed by atoms with Gasteiger partial charge >= 0.3 is 0 Å². The summed E-state index contributed by atoms with van der Waals surface area (Å²) < 4.78 is 32.1. The van der Waals surface area contributed by atoms with Gasteiger partial charge in [-0.3, -0.25) is 5.10 Å². The number of H-pyrrole nitrogens is 1. The summed E-state index contributed by atoms with van der Waals surface area (Å²) in [7, 11) is 0. The Morgan fingerprint density at radius 1 is 1.00 bits per heavy atom. The fourth-order valence-corrected chi connectivity index (χ4v) is 3.83. The van der Waals surface area contributed by atoms with E-state index in [4.69, 9.17) is 4.74 Å². The number of halogens is 2. The third-order valence-corrected chi connectivity index (χ3v) is 5.73. The molecule has 4 aromatic rings. The van der Waals surface area contributed by atoms with Crippen molar-refractivity contribution < 1.29 is 13.5 Å². The van der Waals surface area contributed by atoms with Crippen molar-refractivity contribution in [3.05, 3.63) is 71.4 Å². The monoisotopic (exact) mass is 508 g/mol. The molecular weight excluding hydrogens is 482 g/mol. The number of aryl methyl sites for hydroxylation is 2. The normalized spacial score (nSPS) is 14.4. The molecule has 5 rings (SSSR count). The zero-order chi connectivity index (χ0) is 25.6. The second-order valence-corrected chi connectivity index (χ2v) is 8.54. The fraction of sp³-hybridized carbons (Fsp3) is 0.333. The molecule has 13 heteroatoms. The van der Waals surface area contributed by atoms with Gasteiger partial charge in [0.15, 0.2) is 11.6 Å². The first-order valence-electron chi connectivity index (χ1n) is 11.9. The molecular formula is C24H26F2N10O. The van der Waals surface area contributed by atoms with Crippen LogP contribution in [0, 0.1) is 11.6 Å². The zero-order valence-corrected chi connectivity index (χ0v) is 20.2. The van der Waals surface area contributed by atoms with Gasteiger partial charge in [0.05, 0.1) is 31.6 Å². The highest BCUT2D eigenvalue weighted by atomic mass is 19.1. The second kappa shape index (κ2) is 11.2. The quantitative estimate of drug-likeness (QED) is 0.310. The minimum Gasteiger partial charge on any atom is -0.378 e. The Bertz CT molecular complexity index is 1330. The molecule has 1 aliphatic rings. The number of hydrogen-bond donors (Lipinski definition) is 3. The summed E-state index contributed by atoms with van der Waals surface area (Å²) in [5, 5.41) is 13.6. The van der Waals surface area contributed by atoms with Crippen molar-refractivity contribution in [1.29, 1.82) is 0 Å². The minimum absolute atomic E-state index is 0.250. The highest BCUT2D eigenvalue weighted by molar-refractivity contribution is 5.53. The molecule has 0 radical (unpaired) electrons. The van der Waals surface area contributed by atoms with Crippen LogP contribution in [0.25, 0.3) is 0 Å². The smallest absolute Gasteiger partial charge is 0.235 e. The highest BCUT2D eigenvalue weighted by Crippen LogP contribution is 2.21. The van der Waals surface area contributed by atoms with Gasteiger partial charge in [-0.15, -0.1) is 0 Å². The maximum absolute atomic E-state index is 13.4. The molecule has 0 aliphatic carbocycles. The predicted octanol–water partition coefficient (Wildman–Crippen LogP) is 3.20. The first-order valence-corrected chi connectivity index (χ1v) is 11.9. The average Bonchev–Trinajstić information content (AvgIpc) is 3.35. The topological polar surface area (TPSA) is 130 Å². The van der Waals surface area contributed by atoms with Crippen LogP contribution in [-0.2, 0) is 17.6 Å². The van der Waals surface area contributed by atoms with E-state index in [1.807, 2.05) is 24.0 Å². The molecule has 4 heterocycles. The van der Waals surface area contributed by atoms with E-state index in [2.05, 4.69) is 45.8 Å². The van der Waals surface area contributed by atoms with Crippen molar-refractivity contribution in [2.24, 2.45) is 0 Å². The van der Waals surface area contributed by atoms with Gasteiger partial charge in [-0.05, 0) is 37.5 Å². The van der Waals surface area contributed by atoms with E-state index >= 15 is 0 Å². The molecule has 3 N–H and O–H groups in total. The van der Waals surface area contributed by atoms with E-state index in [0.29, 0.717) is 68.6 Å². The number of anilines is 4. The van der Waals surface area contributed by atoms with Gasteiger partial charge < -0.3 is 20.3 Å². The van der Waals surface area contributed by atoms with Crippen molar-refractivity contribution in [1.82, 2.24) is 35.1 Å². The van der Waals surface area contributed by atoms with Crippen LogP contribution in [-0.4, -0.2) is 61.4 Å². The predicted molar refractivity (Wildman–Crippen MR) is 133 cm³/mol. The summed E-state index contributed by atoms with van der Waals surface area (Å²) >= 11 is 0. The first-order chi connectivity index (χ1) is 18.0. The third kappa shape index (κ3) is 6.50. The van der Waals surface area contributed by atoms with Gasteiger partial charge in [0, 0.05) is 24.8 Å². The summed E-state index contributed by atoms with van der Waals surface area (Å²) in [4.78, 5) is 23.7. The number of rotatable bonds is 9. The molecule has 1 aromatic carbocycles. The molecule has 0 bridgehead atoms. The van der Waals surface area contributed by atoms with Crippen LogP contribution in [0.5, 0.6) is 0 Å². The minimum atomic E-state index is -0.508. The molecule has 1 aliphatic heterocycles. The number of hydrogen-bond acceptors (Lipinski definition) is 10. The first kappa shape index (κ1) is 24.4.